The number of pyridine rings is 1. The molecule has 0 aliphatic rings. The summed E-state index contributed by atoms with van der Waals surface area (Å²) in [5.41, 5.74) is 3.06. The molecule has 0 aliphatic carbocycles. The number of rotatable bonds is 8. The number of halogens is 1. The van der Waals surface area contributed by atoms with Crippen LogP contribution < -0.4 is 0 Å². The van der Waals surface area contributed by atoms with Gasteiger partial charge in [0.2, 0.25) is 0 Å². The van der Waals surface area contributed by atoms with Crippen molar-refractivity contribution in [2.75, 3.05) is 12.5 Å². The molecule has 0 aliphatic heterocycles. The first-order chi connectivity index (χ1) is 10.1. The summed E-state index contributed by atoms with van der Waals surface area (Å²) >= 11 is 5.89. The number of hydrogen-bond donors (Lipinski definition) is 0. The number of ether oxygens (including phenoxy) is 1. The van der Waals surface area contributed by atoms with Crippen LogP contribution in [-0.4, -0.2) is 33.1 Å². The summed E-state index contributed by atoms with van der Waals surface area (Å²) in [6.45, 7) is 7.89. The predicted molar refractivity (Wildman–Crippen MR) is 87.0 cm³/mol. The number of nitrogens with zero attached hydrogens (tertiary/aromatic N) is 3. The fourth-order valence-corrected chi connectivity index (χ4v) is 2.53. The molecule has 0 aromatic carbocycles. The minimum absolute atomic E-state index is 0.301. The Labute approximate surface area is 131 Å². The molecule has 0 bridgehead atoms. The fraction of sp³-hybridized carbons (Fsp3) is 0.625. The van der Waals surface area contributed by atoms with E-state index in [1.54, 1.807) is 0 Å². The Hall–Kier alpha value is -1.13. The van der Waals surface area contributed by atoms with E-state index in [2.05, 4.69) is 34.4 Å². The van der Waals surface area contributed by atoms with E-state index in [1.807, 2.05) is 13.1 Å². The summed E-state index contributed by atoms with van der Waals surface area (Å²) in [4.78, 5) is 9.21. The van der Waals surface area contributed by atoms with Crippen LogP contribution >= 0.6 is 11.6 Å². The number of aryl methyl sites for hydroxylation is 3. The Bertz CT molecular complexity index is 580. The van der Waals surface area contributed by atoms with Crippen molar-refractivity contribution in [2.24, 2.45) is 0 Å². The van der Waals surface area contributed by atoms with Gasteiger partial charge in [0, 0.05) is 31.6 Å². The summed E-state index contributed by atoms with van der Waals surface area (Å²) < 4.78 is 7.78. The first-order valence-electron chi connectivity index (χ1n) is 7.61. The van der Waals surface area contributed by atoms with E-state index in [-0.39, 0.29) is 0 Å². The molecule has 0 radical (unpaired) electrons. The molecule has 0 saturated heterocycles. The number of alkyl halides is 1. The van der Waals surface area contributed by atoms with Gasteiger partial charge in [-0.2, -0.15) is 0 Å². The molecule has 2 aromatic heterocycles. The van der Waals surface area contributed by atoms with E-state index in [0.717, 1.165) is 55.0 Å². The van der Waals surface area contributed by atoms with E-state index >= 15 is 0 Å². The molecule has 0 unspecified atom stereocenters. The smallest absolute Gasteiger partial charge is 0.160 e. The Balaban J connectivity index is 2.07. The number of hydrogen-bond acceptors (Lipinski definition) is 3. The number of unbranched alkanes of at least 4 members (excludes halogenated alkanes) is 1. The average Bonchev–Trinajstić information content (AvgIpc) is 2.75. The van der Waals surface area contributed by atoms with Gasteiger partial charge < -0.3 is 9.30 Å². The maximum absolute atomic E-state index is 5.89. The van der Waals surface area contributed by atoms with Crippen molar-refractivity contribution < 1.29 is 4.74 Å². The van der Waals surface area contributed by atoms with Gasteiger partial charge in [-0.15, -0.1) is 11.6 Å². The molecule has 0 saturated carbocycles. The third kappa shape index (κ3) is 4.42. The molecular weight excluding hydrogens is 286 g/mol. The molecular formula is C16H24ClN3O. The van der Waals surface area contributed by atoms with Gasteiger partial charge >= 0.3 is 0 Å². The summed E-state index contributed by atoms with van der Waals surface area (Å²) in [5.74, 6) is 1.61. The van der Waals surface area contributed by atoms with Crippen LogP contribution in [0.25, 0.3) is 11.2 Å². The van der Waals surface area contributed by atoms with E-state index < -0.39 is 0 Å². The third-order valence-electron chi connectivity index (χ3n) is 3.35. The quantitative estimate of drug-likeness (QED) is 0.551. The van der Waals surface area contributed by atoms with Gasteiger partial charge in [0.25, 0.3) is 0 Å². The topological polar surface area (TPSA) is 39.9 Å². The second-order valence-electron chi connectivity index (χ2n) is 5.60. The molecule has 0 fully saturated rings. The van der Waals surface area contributed by atoms with Crippen LogP contribution in [0.1, 0.15) is 38.1 Å². The molecule has 4 nitrogen and oxygen atoms in total. The Morgan fingerprint density at radius 3 is 2.86 bits per heavy atom. The van der Waals surface area contributed by atoms with Crippen LogP contribution in [0.2, 0.25) is 0 Å². The molecule has 2 aromatic rings. The van der Waals surface area contributed by atoms with Gasteiger partial charge in [-0.05, 0) is 45.2 Å². The molecule has 5 heteroatoms. The third-order valence-corrected chi connectivity index (χ3v) is 3.54. The van der Waals surface area contributed by atoms with Gasteiger partial charge in [-0.3, -0.25) is 0 Å². The van der Waals surface area contributed by atoms with Crippen LogP contribution in [0.5, 0.6) is 0 Å². The standard InChI is InChI=1S/C16H24ClN3O/c1-12(2)21-9-5-4-8-20-15(6-7-17)19-14-10-13(3)11-18-16(14)20/h10-12H,4-9H2,1-3H3. The monoisotopic (exact) mass is 309 g/mol. The number of fused-ring (bicyclic) bond motifs is 1. The molecule has 2 rings (SSSR count). The van der Waals surface area contributed by atoms with Gasteiger partial charge in [0.15, 0.2) is 5.65 Å². The second kappa shape index (κ2) is 7.76. The van der Waals surface area contributed by atoms with Crippen LogP contribution in [0, 0.1) is 6.92 Å². The van der Waals surface area contributed by atoms with Crippen molar-refractivity contribution in [3.05, 3.63) is 23.7 Å². The largest absolute Gasteiger partial charge is 0.379 e. The van der Waals surface area contributed by atoms with Crippen molar-refractivity contribution in [3.63, 3.8) is 0 Å². The minimum Gasteiger partial charge on any atom is -0.379 e. The molecule has 2 heterocycles. The van der Waals surface area contributed by atoms with Gasteiger partial charge in [-0.1, -0.05) is 0 Å². The molecule has 0 N–H and O–H groups in total. The van der Waals surface area contributed by atoms with Crippen molar-refractivity contribution in [1.29, 1.82) is 0 Å². The molecule has 116 valence electrons. The van der Waals surface area contributed by atoms with E-state index in [0.29, 0.717) is 12.0 Å². The van der Waals surface area contributed by atoms with Gasteiger partial charge in [-0.25, -0.2) is 9.97 Å². The molecule has 0 atom stereocenters. The number of aromatic nitrogens is 3. The Kier molecular flexibility index (Phi) is 6.00. The lowest BCUT2D eigenvalue weighted by Gasteiger charge is -2.09. The second-order valence-corrected chi connectivity index (χ2v) is 5.98. The highest BCUT2D eigenvalue weighted by Crippen LogP contribution is 2.17. The van der Waals surface area contributed by atoms with Crippen molar-refractivity contribution in [2.45, 2.75) is 52.7 Å². The highest BCUT2D eigenvalue weighted by atomic mass is 35.5. The summed E-state index contributed by atoms with van der Waals surface area (Å²) in [6.07, 6.45) is 5.08. The first kappa shape index (κ1) is 16.2. The van der Waals surface area contributed by atoms with Gasteiger partial charge in [0.1, 0.15) is 11.3 Å². The molecule has 21 heavy (non-hydrogen) atoms. The van der Waals surface area contributed by atoms with Crippen LogP contribution in [0.15, 0.2) is 12.3 Å². The maximum Gasteiger partial charge on any atom is 0.160 e. The number of imidazole rings is 1. The van der Waals surface area contributed by atoms with E-state index in [9.17, 15) is 0 Å². The lowest BCUT2D eigenvalue weighted by molar-refractivity contribution is 0.0754. The van der Waals surface area contributed by atoms with E-state index in [1.165, 1.54) is 0 Å². The zero-order chi connectivity index (χ0) is 15.2. The lowest BCUT2D eigenvalue weighted by Crippen LogP contribution is -2.08. The summed E-state index contributed by atoms with van der Waals surface area (Å²) in [6, 6.07) is 2.08. The minimum atomic E-state index is 0.301. The van der Waals surface area contributed by atoms with Crippen molar-refractivity contribution in [3.8, 4) is 0 Å². The highest BCUT2D eigenvalue weighted by molar-refractivity contribution is 6.17. The van der Waals surface area contributed by atoms with E-state index in [4.69, 9.17) is 16.3 Å². The highest BCUT2D eigenvalue weighted by Gasteiger charge is 2.11. The normalized spacial score (nSPS) is 11.7. The van der Waals surface area contributed by atoms with Crippen LogP contribution in [-0.2, 0) is 17.7 Å². The first-order valence-corrected chi connectivity index (χ1v) is 8.14. The Morgan fingerprint density at radius 1 is 1.33 bits per heavy atom. The van der Waals surface area contributed by atoms with Crippen LogP contribution in [0.3, 0.4) is 0 Å². The summed E-state index contributed by atoms with van der Waals surface area (Å²) in [5, 5.41) is 0. The van der Waals surface area contributed by atoms with Crippen molar-refractivity contribution >= 4 is 22.8 Å². The van der Waals surface area contributed by atoms with Crippen molar-refractivity contribution in [1.82, 2.24) is 14.5 Å². The zero-order valence-corrected chi connectivity index (χ0v) is 13.9. The lowest BCUT2D eigenvalue weighted by atomic mass is 10.3. The average molecular weight is 310 g/mol. The Morgan fingerprint density at radius 2 is 2.14 bits per heavy atom. The zero-order valence-electron chi connectivity index (χ0n) is 13.1. The summed E-state index contributed by atoms with van der Waals surface area (Å²) in [7, 11) is 0. The predicted octanol–water partition coefficient (Wildman–Crippen LogP) is 3.73. The molecule has 0 amide bonds. The molecule has 0 spiro atoms. The SMILES string of the molecule is Cc1cnc2c(c1)nc(CCCl)n2CCCCOC(C)C. The van der Waals surface area contributed by atoms with Gasteiger partial charge in [0.05, 0.1) is 6.10 Å². The van der Waals surface area contributed by atoms with Crippen LogP contribution in [0.4, 0.5) is 0 Å². The fourth-order valence-electron chi connectivity index (χ4n) is 2.36. The maximum atomic E-state index is 5.89.